The van der Waals surface area contributed by atoms with Gasteiger partial charge in [0.05, 0.1) is 11.0 Å². The summed E-state index contributed by atoms with van der Waals surface area (Å²) in [4.78, 5) is 0. The first kappa shape index (κ1) is 15.9. The lowest BCUT2D eigenvalue weighted by Crippen LogP contribution is -2.30. The smallest absolute Gasteiger partial charge is 0.153 e. The van der Waals surface area contributed by atoms with Crippen LogP contribution in [-0.4, -0.2) is 44.2 Å². The normalized spacial score (nSPS) is 14.3. The van der Waals surface area contributed by atoms with E-state index in [-0.39, 0.29) is 17.6 Å². The van der Waals surface area contributed by atoms with Crippen LogP contribution >= 0.6 is 0 Å². The quantitative estimate of drug-likeness (QED) is 0.595. The molecule has 0 aliphatic heterocycles. The van der Waals surface area contributed by atoms with Gasteiger partial charge in [-0.1, -0.05) is 13.3 Å². The third-order valence-corrected chi connectivity index (χ3v) is 5.04. The van der Waals surface area contributed by atoms with Gasteiger partial charge in [0.15, 0.2) is 9.84 Å². The molecule has 1 atom stereocenters. The van der Waals surface area contributed by atoms with Gasteiger partial charge in [-0.3, -0.25) is 0 Å². The summed E-state index contributed by atoms with van der Waals surface area (Å²) in [7, 11) is -2.93. The van der Waals surface area contributed by atoms with Gasteiger partial charge in [0.1, 0.15) is 0 Å². The SMILES string of the molecule is CCC(CCO)CNCCS(=O)(=O)C(C)C. The Morgan fingerprint density at radius 3 is 2.38 bits per heavy atom. The monoisotopic (exact) mass is 251 g/mol. The second kappa shape index (κ2) is 8.03. The summed E-state index contributed by atoms with van der Waals surface area (Å²) < 4.78 is 23.0. The Morgan fingerprint density at radius 2 is 1.94 bits per heavy atom. The zero-order chi connectivity index (χ0) is 12.6. The van der Waals surface area contributed by atoms with Crippen LogP contribution in [0.4, 0.5) is 0 Å². The minimum atomic E-state index is -2.93. The van der Waals surface area contributed by atoms with E-state index in [0.29, 0.717) is 12.5 Å². The molecule has 98 valence electrons. The zero-order valence-corrected chi connectivity index (χ0v) is 11.4. The van der Waals surface area contributed by atoms with Crippen molar-refractivity contribution in [2.75, 3.05) is 25.4 Å². The molecule has 0 aromatic rings. The molecule has 0 aliphatic carbocycles. The Hall–Kier alpha value is -0.130. The molecule has 0 saturated heterocycles. The van der Waals surface area contributed by atoms with Crippen molar-refractivity contribution >= 4 is 9.84 Å². The highest BCUT2D eigenvalue weighted by atomic mass is 32.2. The van der Waals surface area contributed by atoms with Gasteiger partial charge >= 0.3 is 0 Å². The topological polar surface area (TPSA) is 66.4 Å². The van der Waals surface area contributed by atoms with Crippen LogP contribution in [0.1, 0.15) is 33.6 Å². The molecule has 0 radical (unpaired) electrons. The molecule has 16 heavy (non-hydrogen) atoms. The fourth-order valence-corrected chi connectivity index (χ4v) is 2.29. The average molecular weight is 251 g/mol. The fraction of sp³-hybridized carbons (Fsp3) is 1.00. The van der Waals surface area contributed by atoms with Gasteiger partial charge in [-0.15, -0.1) is 0 Å². The number of hydrogen-bond acceptors (Lipinski definition) is 4. The molecule has 0 aromatic heterocycles. The van der Waals surface area contributed by atoms with E-state index in [1.54, 1.807) is 13.8 Å². The Labute approximate surface area is 99.4 Å². The number of sulfone groups is 1. The summed E-state index contributed by atoms with van der Waals surface area (Å²) in [6, 6.07) is 0. The minimum absolute atomic E-state index is 0.195. The standard InChI is InChI=1S/C11H25NO3S/c1-4-11(5-7-13)9-12-6-8-16(14,15)10(2)3/h10-13H,4-9H2,1-3H3. The fourth-order valence-electron chi connectivity index (χ4n) is 1.39. The van der Waals surface area contributed by atoms with E-state index < -0.39 is 9.84 Å². The maximum absolute atomic E-state index is 11.5. The maximum atomic E-state index is 11.5. The summed E-state index contributed by atoms with van der Waals surface area (Å²) in [6.07, 6.45) is 1.78. The lowest BCUT2D eigenvalue weighted by atomic mass is 10.0. The van der Waals surface area contributed by atoms with Crippen LogP contribution in [0.2, 0.25) is 0 Å². The molecule has 2 N–H and O–H groups in total. The van der Waals surface area contributed by atoms with E-state index in [2.05, 4.69) is 12.2 Å². The van der Waals surface area contributed by atoms with E-state index in [1.165, 1.54) is 0 Å². The minimum Gasteiger partial charge on any atom is -0.396 e. The number of aliphatic hydroxyl groups is 1. The molecule has 0 aromatic carbocycles. The molecule has 0 aliphatic rings. The Morgan fingerprint density at radius 1 is 1.31 bits per heavy atom. The predicted molar refractivity (Wildman–Crippen MR) is 67.3 cm³/mol. The Balaban J connectivity index is 3.75. The molecule has 0 bridgehead atoms. The van der Waals surface area contributed by atoms with Gasteiger partial charge in [-0.2, -0.15) is 0 Å². The van der Waals surface area contributed by atoms with E-state index in [4.69, 9.17) is 5.11 Å². The third kappa shape index (κ3) is 6.45. The number of hydrogen-bond donors (Lipinski definition) is 2. The summed E-state index contributed by atoms with van der Waals surface area (Å²) in [5.41, 5.74) is 0. The van der Waals surface area contributed by atoms with Crippen molar-refractivity contribution in [1.82, 2.24) is 5.32 Å². The third-order valence-electron chi connectivity index (χ3n) is 2.83. The largest absolute Gasteiger partial charge is 0.396 e. The molecule has 1 unspecified atom stereocenters. The van der Waals surface area contributed by atoms with Crippen LogP contribution in [0.5, 0.6) is 0 Å². The zero-order valence-electron chi connectivity index (χ0n) is 10.6. The molecule has 0 rings (SSSR count). The van der Waals surface area contributed by atoms with E-state index in [0.717, 1.165) is 19.4 Å². The number of aliphatic hydroxyl groups excluding tert-OH is 1. The maximum Gasteiger partial charge on any atom is 0.153 e. The van der Waals surface area contributed by atoms with Crippen molar-refractivity contribution in [2.24, 2.45) is 5.92 Å². The highest BCUT2D eigenvalue weighted by Crippen LogP contribution is 2.05. The van der Waals surface area contributed by atoms with Crippen molar-refractivity contribution < 1.29 is 13.5 Å². The van der Waals surface area contributed by atoms with Crippen LogP contribution in [0.3, 0.4) is 0 Å². The molecule has 0 saturated carbocycles. The molecular formula is C11H25NO3S. The molecule has 0 fully saturated rings. The summed E-state index contributed by atoms with van der Waals surface area (Å²) in [5.74, 6) is 0.631. The first-order valence-corrected chi connectivity index (χ1v) is 7.68. The van der Waals surface area contributed by atoms with Crippen molar-refractivity contribution in [2.45, 2.75) is 38.9 Å². The predicted octanol–water partition coefficient (Wildman–Crippen LogP) is 0.808. The molecule has 4 nitrogen and oxygen atoms in total. The molecular weight excluding hydrogens is 226 g/mol. The highest BCUT2D eigenvalue weighted by molar-refractivity contribution is 7.92. The summed E-state index contributed by atoms with van der Waals surface area (Å²) in [5, 5.41) is 11.6. The second-order valence-electron chi connectivity index (χ2n) is 4.41. The number of rotatable bonds is 9. The first-order chi connectivity index (χ1) is 7.44. The van der Waals surface area contributed by atoms with Crippen LogP contribution in [-0.2, 0) is 9.84 Å². The molecule has 0 amide bonds. The van der Waals surface area contributed by atoms with Crippen LogP contribution < -0.4 is 5.32 Å². The highest BCUT2D eigenvalue weighted by Gasteiger charge is 2.15. The molecule has 0 heterocycles. The summed E-state index contributed by atoms with van der Waals surface area (Å²) >= 11 is 0. The average Bonchev–Trinajstić information content (AvgIpc) is 2.22. The molecule has 0 spiro atoms. The van der Waals surface area contributed by atoms with Crippen molar-refractivity contribution in [3.05, 3.63) is 0 Å². The van der Waals surface area contributed by atoms with Crippen molar-refractivity contribution in [1.29, 1.82) is 0 Å². The number of nitrogens with one attached hydrogen (secondary N) is 1. The Bertz CT molecular complexity index is 262. The van der Waals surface area contributed by atoms with Gasteiger partial charge in [-0.05, 0) is 32.7 Å². The van der Waals surface area contributed by atoms with Crippen LogP contribution in [0, 0.1) is 5.92 Å². The van der Waals surface area contributed by atoms with Crippen LogP contribution in [0.15, 0.2) is 0 Å². The second-order valence-corrected chi connectivity index (χ2v) is 7.08. The van der Waals surface area contributed by atoms with E-state index in [1.807, 2.05) is 0 Å². The van der Waals surface area contributed by atoms with Gasteiger partial charge in [0.2, 0.25) is 0 Å². The van der Waals surface area contributed by atoms with Crippen molar-refractivity contribution in [3.8, 4) is 0 Å². The first-order valence-electron chi connectivity index (χ1n) is 5.97. The summed E-state index contributed by atoms with van der Waals surface area (Å²) in [6.45, 7) is 6.97. The van der Waals surface area contributed by atoms with Gasteiger partial charge in [-0.25, -0.2) is 8.42 Å². The van der Waals surface area contributed by atoms with E-state index in [9.17, 15) is 8.42 Å². The van der Waals surface area contributed by atoms with Gasteiger partial charge in [0.25, 0.3) is 0 Å². The lowest BCUT2D eigenvalue weighted by Gasteiger charge is -2.14. The lowest BCUT2D eigenvalue weighted by molar-refractivity contribution is 0.252. The van der Waals surface area contributed by atoms with Crippen molar-refractivity contribution in [3.63, 3.8) is 0 Å². The van der Waals surface area contributed by atoms with Gasteiger partial charge < -0.3 is 10.4 Å². The van der Waals surface area contributed by atoms with Gasteiger partial charge in [0, 0.05) is 13.2 Å². The van der Waals surface area contributed by atoms with E-state index >= 15 is 0 Å². The Kier molecular flexibility index (Phi) is 7.97. The molecule has 5 heteroatoms. The van der Waals surface area contributed by atoms with Crippen LogP contribution in [0.25, 0.3) is 0 Å².